The Kier molecular flexibility index (Phi) is 31.0. The van der Waals surface area contributed by atoms with Crippen molar-refractivity contribution in [2.75, 3.05) is 28.4 Å². The Morgan fingerprint density at radius 3 is 1.26 bits per heavy atom. The number of aromatic nitrogens is 8. The molecule has 0 atom stereocenters. The van der Waals surface area contributed by atoms with Gasteiger partial charge in [0.1, 0.15) is 140 Å². The van der Waals surface area contributed by atoms with Crippen molar-refractivity contribution >= 4 is 98.8 Å². The van der Waals surface area contributed by atoms with Crippen LogP contribution in [0.1, 0.15) is 84.5 Å². The summed E-state index contributed by atoms with van der Waals surface area (Å²) in [4.78, 5) is 7.38. The van der Waals surface area contributed by atoms with E-state index in [0.717, 1.165) is 41.8 Å². The van der Waals surface area contributed by atoms with Crippen molar-refractivity contribution in [2.45, 2.75) is 43.1 Å². The molecular formula is C87H69ClF14N16O4. The van der Waals surface area contributed by atoms with Crippen LogP contribution in [0.25, 0.3) is 87.2 Å². The van der Waals surface area contributed by atoms with E-state index in [1.165, 1.54) is 98.6 Å². The molecule has 626 valence electrons. The van der Waals surface area contributed by atoms with Crippen molar-refractivity contribution < 1.29 is 80.4 Å². The van der Waals surface area contributed by atoms with Crippen molar-refractivity contribution in [1.82, 2.24) is 37.8 Å². The second-order valence-corrected chi connectivity index (χ2v) is 25.8. The minimum atomic E-state index is -1.03. The third kappa shape index (κ3) is 18.4. The molecule has 0 fully saturated rings. The molecule has 3 N–H and O–H groups in total. The molecule has 8 aromatic heterocycles. The van der Waals surface area contributed by atoms with Crippen LogP contribution in [0.15, 0.2) is 109 Å². The van der Waals surface area contributed by atoms with E-state index >= 15 is 0 Å². The first-order valence-electron chi connectivity index (χ1n) is 33.9. The molecule has 35 heteroatoms. The number of methoxy groups -OCH3 is 4. The summed E-state index contributed by atoms with van der Waals surface area (Å²) in [6.07, 6.45) is 0. The molecule has 0 radical (unpaired) electrons. The molecule has 122 heavy (non-hydrogen) atoms. The van der Waals surface area contributed by atoms with Gasteiger partial charge in [0.25, 0.3) is 0 Å². The van der Waals surface area contributed by atoms with Gasteiger partial charge in [-0.25, -0.2) is 61.5 Å². The average Bonchev–Trinajstić information content (AvgIpc) is 1.65. The normalized spacial score (nSPS) is 10.2. The number of hydrogen-bond acceptors (Lipinski definition) is 12. The molecule has 0 saturated carbocycles. The third-order valence-corrected chi connectivity index (χ3v) is 19.0. The number of nitrogens with zero attached hydrogens (tertiary/aromatic N) is 13. The van der Waals surface area contributed by atoms with Crippen molar-refractivity contribution in [1.29, 1.82) is 42.1 Å². The van der Waals surface area contributed by atoms with Gasteiger partial charge in [-0.15, -0.1) is 0 Å². The zero-order chi connectivity index (χ0) is 87.8. The summed E-state index contributed by atoms with van der Waals surface area (Å²) in [6.45, 7) is 4.74. The van der Waals surface area contributed by atoms with E-state index in [9.17, 15) is 61.5 Å². The molecule has 0 saturated heterocycles. The molecule has 0 bridgehead atoms. The first-order chi connectivity index (χ1) is 56.5. The fourth-order valence-corrected chi connectivity index (χ4v) is 12.8. The zero-order valence-corrected chi connectivity index (χ0v) is 64.8. The fraction of sp³-hybridized carbons (Fsp3) is 0.172. The summed E-state index contributed by atoms with van der Waals surface area (Å²) in [5, 5.41) is 73.5. The number of benzene rings is 8. The average molecular weight is 1700 g/mol. The SMILES string of the molecule is C.C.C.COc1cc(F)c(F)c2c1cc(C#N)n2C.COc1cc(F)cc2c1cc(C#N)n2C.COc1ccc(F)c2[nH]c(C#N)c(F)c12.COc1ccc(F)c2c1cc(C#N)n2C.Cc1c(F)c(F)cc2c1cc(C#N)n2C.Cc1c(F)cc(F)c2[nH]c(C#N)cc12.Cc1cc(F)c(F)c2c1cc(C#N)n2C.N#Cc1cc2c(Cl)cc(F)c(F)c2[nH]1. The van der Waals surface area contributed by atoms with Gasteiger partial charge in [0.15, 0.2) is 58.0 Å². The molecule has 0 aliphatic rings. The van der Waals surface area contributed by atoms with E-state index in [1.54, 1.807) is 93.6 Å². The third-order valence-electron chi connectivity index (χ3n) is 18.7. The van der Waals surface area contributed by atoms with Gasteiger partial charge >= 0.3 is 0 Å². The van der Waals surface area contributed by atoms with Crippen molar-refractivity contribution in [3.63, 3.8) is 0 Å². The van der Waals surface area contributed by atoms with E-state index in [0.29, 0.717) is 94.3 Å². The quantitative estimate of drug-likeness (QED) is 0.109. The highest BCUT2D eigenvalue weighted by Crippen LogP contribution is 2.37. The van der Waals surface area contributed by atoms with Crippen LogP contribution in [0.4, 0.5) is 61.5 Å². The van der Waals surface area contributed by atoms with Crippen LogP contribution in [0.2, 0.25) is 5.02 Å². The van der Waals surface area contributed by atoms with Gasteiger partial charge in [-0.05, 0) is 122 Å². The van der Waals surface area contributed by atoms with Gasteiger partial charge in [-0.1, -0.05) is 33.9 Å². The fourth-order valence-electron chi connectivity index (χ4n) is 12.5. The Morgan fingerprint density at radius 2 is 0.738 bits per heavy atom. The van der Waals surface area contributed by atoms with Crippen LogP contribution in [0.3, 0.4) is 0 Å². The van der Waals surface area contributed by atoms with Gasteiger partial charge in [-0.2, -0.15) is 42.1 Å². The first kappa shape index (κ1) is 95.4. The Labute approximate surface area is 692 Å². The minimum Gasteiger partial charge on any atom is -0.496 e. The van der Waals surface area contributed by atoms with Gasteiger partial charge in [0, 0.05) is 97.2 Å². The smallest absolute Gasteiger partial charge is 0.183 e. The summed E-state index contributed by atoms with van der Waals surface area (Å²) in [6, 6.07) is 38.8. The first-order valence-corrected chi connectivity index (χ1v) is 34.3. The number of fused-ring (bicyclic) bond motifs is 8. The number of hydrogen-bond donors (Lipinski definition) is 3. The maximum Gasteiger partial charge on any atom is 0.183 e. The highest BCUT2D eigenvalue weighted by molar-refractivity contribution is 6.35. The standard InChI is InChI=1S/C11H8F2N2O.2C11H8F2N2.2C11H9FN2O.C10H6F2N2O.C10H6F2N2.C9H3ClF2N2.3CH4/c1-15-6(5-14)3-7-9(16-2)4-8(12)10(13)11(7)15;1-6-8-3-7(5-14)15(2)10(8)4-9(12)11(6)13;1-6-3-9(12)10(13)11-8(6)4-7(5-14)15(11)2;1-14-8(6-13)5-9-10(14)3-7(12)4-11(9)15-2;1-14-7(6-13)5-8-10(15-2)4-3-9(12)11(8)14;1-15-7-3-2-5(11)10-8(7)9(12)6(4-13)14-10;1-5-7-2-6(4-13)14-10(7)9(12)3-8(5)11;10-6-2-7(11)8(12)9-5(6)1-4(3-13)14-9;;;/h3-4H,1-2H3;2*3-4H,1-2H3;2*3-5H,1-2H3;2-3,14H,1H3;2-3,14H,1H3;1-2,14H;3*1H4. The van der Waals surface area contributed by atoms with Crippen molar-refractivity contribution in [3.8, 4) is 71.6 Å². The Morgan fingerprint density at radius 1 is 0.311 bits per heavy atom. The number of H-pyrrole nitrogens is 3. The minimum absolute atomic E-state index is 0. The lowest BCUT2D eigenvalue weighted by molar-refractivity contribution is 0.412. The van der Waals surface area contributed by atoms with Crippen molar-refractivity contribution in [2.24, 2.45) is 35.2 Å². The summed E-state index contributed by atoms with van der Waals surface area (Å²) >= 11 is 5.67. The maximum atomic E-state index is 13.6. The maximum absolute atomic E-state index is 13.6. The van der Waals surface area contributed by atoms with Crippen LogP contribution >= 0.6 is 11.6 Å². The molecule has 0 aliphatic carbocycles. The predicted molar refractivity (Wildman–Crippen MR) is 432 cm³/mol. The molecule has 16 aromatic rings. The number of aryl methyl sites for hydroxylation is 8. The molecule has 8 heterocycles. The number of rotatable bonds is 4. The number of ether oxygens (including phenoxy) is 4. The molecule has 20 nitrogen and oxygen atoms in total. The lowest BCUT2D eigenvalue weighted by Crippen LogP contribution is -1.96. The highest BCUT2D eigenvalue weighted by Gasteiger charge is 2.23. The highest BCUT2D eigenvalue weighted by atomic mass is 35.5. The topological polar surface area (TPSA) is 299 Å². The monoisotopic (exact) mass is 1700 g/mol. The van der Waals surface area contributed by atoms with Gasteiger partial charge in [0.2, 0.25) is 0 Å². The largest absolute Gasteiger partial charge is 0.496 e. The Bertz CT molecular complexity index is 7010. The molecule has 0 unspecified atom stereocenters. The zero-order valence-electron chi connectivity index (χ0n) is 64.0. The van der Waals surface area contributed by atoms with Crippen LogP contribution < -0.4 is 18.9 Å². The van der Waals surface area contributed by atoms with Crippen LogP contribution in [0, 0.1) is 193 Å². The summed E-state index contributed by atoms with van der Waals surface area (Å²) in [7, 11) is 13.8. The van der Waals surface area contributed by atoms with E-state index in [4.69, 9.17) is 72.6 Å². The van der Waals surface area contributed by atoms with E-state index in [1.807, 2.05) is 36.4 Å². The second kappa shape index (κ2) is 39.6. The van der Waals surface area contributed by atoms with Crippen LogP contribution in [0.5, 0.6) is 23.0 Å². The summed E-state index contributed by atoms with van der Waals surface area (Å²) < 4.78 is 213. The van der Waals surface area contributed by atoms with Crippen LogP contribution in [-0.2, 0) is 35.2 Å². The Balaban J connectivity index is 0.000000215. The molecule has 8 aromatic carbocycles. The predicted octanol–water partition coefficient (Wildman–Crippen LogP) is 21.8. The van der Waals surface area contributed by atoms with Gasteiger partial charge in [-0.3, -0.25) is 0 Å². The molecule has 0 aliphatic heterocycles. The van der Waals surface area contributed by atoms with Crippen molar-refractivity contribution in [3.05, 3.63) is 258 Å². The number of aromatic amines is 3. The molecule has 16 rings (SSSR count). The molecular weight excluding hydrogens is 1630 g/mol. The number of nitriles is 8. The van der Waals surface area contributed by atoms with E-state index in [-0.39, 0.29) is 112 Å². The lowest BCUT2D eigenvalue weighted by Gasteiger charge is -2.05. The number of halogens is 15. The lowest BCUT2D eigenvalue weighted by atomic mass is 10.1. The molecule has 0 amide bonds. The van der Waals surface area contributed by atoms with Crippen LogP contribution in [-0.4, -0.2) is 66.2 Å². The Hall–Kier alpha value is -15.5. The second-order valence-electron chi connectivity index (χ2n) is 25.4. The van der Waals surface area contributed by atoms with Gasteiger partial charge in [0.05, 0.1) is 83.0 Å². The number of nitrogens with one attached hydrogen (secondary N) is 3. The summed E-state index contributed by atoms with van der Waals surface area (Å²) in [5.41, 5.74) is 4.94. The van der Waals surface area contributed by atoms with E-state index in [2.05, 4.69) is 15.0 Å². The van der Waals surface area contributed by atoms with Gasteiger partial charge < -0.3 is 56.7 Å². The van der Waals surface area contributed by atoms with E-state index < -0.39 is 69.8 Å². The molecule has 0 spiro atoms. The summed E-state index contributed by atoms with van der Waals surface area (Å²) in [5.74, 6) is -9.51.